The van der Waals surface area contributed by atoms with Gasteiger partial charge in [0.05, 0.1) is 5.92 Å². The van der Waals surface area contributed by atoms with Gasteiger partial charge in [-0.25, -0.2) is 4.39 Å². The van der Waals surface area contributed by atoms with Gasteiger partial charge in [0, 0.05) is 25.3 Å². The summed E-state index contributed by atoms with van der Waals surface area (Å²) in [6.45, 7) is 2.94. The molecule has 6 nitrogen and oxygen atoms in total. The number of rotatable bonds is 3. The van der Waals surface area contributed by atoms with Crippen LogP contribution in [0, 0.1) is 23.6 Å². The van der Waals surface area contributed by atoms with E-state index in [2.05, 4.69) is 0 Å². The zero-order valence-corrected chi connectivity index (χ0v) is 14.0. The van der Waals surface area contributed by atoms with Crippen LogP contribution in [0.2, 0.25) is 0 Å². The molecule has 3 rings (SSSR count). The summed E-state index contributed by atoms with van der Waals surface area (Å²) in [5, 5.41) is 9.24. The van der Waals surface area contributed by atoms with E-state index in [0.717, 1.165) is 0 Å². The van der Waals surface area contributed by atoms with Gasteiger partial charge in [-0.1, -0.05) is 6.92 Å². The van der Waals surface area contributed by atoms with Gasteiger partial charge in [-0.2, -0.15) is 0 Å². The fourth-order valence-corrected chi connectivity index (χ4v) is 3.72. The van der Waals surface area contributed by atoms with E-state index in [4.69, 9.17) is 0 Å². The molecule has 2 saturated heterocycles. The number of halogens is 1. The number of likely N-dealkylation sites (tertiary alicyclic amines) is 1. The molecule has 25 heavy (non-hydrogen) atoms. The lowest BCUT2D eigenvalue weighted by molar-refractivity contribution is -0.148. The van der Waals surface area contributed by atoms with Crippen molar-refractivity contribution in [3.8, 4) is 0 Å². The van der Waals surface area contributed by atoms with Crippen LogP contribution in [0.15, 0.2) is 24.3 Å². The second-order valence-corrected chi connectivity index (χ2v) is 6.93. The summed E-state index contributed by atoms with van der Waals surface area (Å²) in [5.74, 6) is -3.18. The maximum Gasteiger partial charge on any atom is 0.308 e. The van der Waals surface area contributed by atoms with Crippen molar-refractivity contribution < 1.29 is 23.9 Å². The summed E-state index contributed by atoms with van der Waals surface area (Å²) in [7, 11) is 0. The average molecular weight is 348 g/mol. The van der Waals surface area contributed by atoms with E-state index < -0.39 is 17.8 Å². The Morgan fingerprint density at radius 2 is 1.88 bits per heavy atom. The molecule has 1 N–H and O–H groups in total. The smallest absolute Gasteiger partial charge is 0.308 e. The predicted octanol–water partition coefficient (Wildman–Crippen LogP) is 1.75. The van der Waals surface area contributed by atoms with Gasteiger partial charge in [0.1, 0.15) is 11.7 Å². The molecule has 2 aliphatic rings. The molecule has 1 aromatic rings. The molecular formula is C18H21FN2O4. The molecule has 2 aliphatic heterocycles. The molecule has 0 aromatic heterocycles. The van der Waals surface area contributed by atoms with Crippen molar-refractivity contribution in [2.45, 2.75) is 19.8 Å². The Balaban J connectivity index is 1.71. The Morgan fingerprint density at radius 1 is 1.20 bits per heavy atom. The van der Waals surface area contributed by atoms with Gasteiger partial charge in [0.25, 0.3) is 0 Å². The Kier molecular flexibility index (Phi) is 4.74. The SMILES string of the molecule is CC1CC(C(=O)O)CN(C(=O)C2CCN(c3ccc(F)cc3)C2=O)C1. The molecule has 3 unspecified atom stereocenters. The highest BCUT2D eigenvalue weighted by Gasteiger charge is 2.42. The fourth-order valence-electron chi connectivity index (χ4n) is 3.72. The van der Waals surface area contributed by atoms with Crippen LogP contribution in [0.25, 0.3) is 0 Å². The summed E-state index contributed by atoms with van der Waals surface area (Å²) in [5.41, 5.74) is 0.567. The first-order valence-corrected chi connectivity index (χ1v) is 8.45. The van der Waals surface area contributed by atoms with Gasteiger partial charge in [-0.15, -0.1) is 0 Å². The fraction of sp³-hybridized carbons (Fsp3) is 0.500. The number of hydrogen-bond acceptors (Lipinski definition) is 3. The molecule has 7 heteroatoms. The van der Waals surface area contributed by atoms with Crippen molar-refractivity contribution in [2.24, 2.45) is 17.8 Å². The van der Waals surface area contributed by atoms with Crippen LogP contribution in [0.4, 0.5) is 10.1 Å². The maximum atomic E-state index is 13.0. The topological polar surface area (TPSA) is 77.9 Å². The standard InChI is InChI=1S/C18H21FN2O4/c1-11-8-12(18(24)25)10-20(9-11)16(22)15-6-7-21(17(15)23)14-4-2-13(19)3-5-14/h2-5,11-12,15H,6-10H2,1H3,(H,24,25). The Bertz CT molecular complexity index is 691. The molecule has 3 atom stereocenters. The first kappa shape index (κ1) is 17.4. The van der Waals surface area contributed by atoms with E-state index in [1.807, 2.05) is 6.92 Å². The van der Waals surface area contributed by atoms with Gasteiger partial charge in [0.15, 0.2) is 0 Å². The number of carboxylic acid groups (broad SMARTS) is 1. The first-order valence-electron chi connectivity index (χ1n) is 8.45. The molecule has 0 saturated carbocycles. The highest BCUT2D eigenvalue weighted by molar-refractivity contribution is 6.09. The van der Waals surface area contributed by atoms with Gasteiger partial charge in [-0.3, -0.25) is 14.4 Å². The van der Waals surface area contributed by atoms with E-state index in [9.17, 15) is 23.9 Å². The van der Waals surface area contributed by atoms with Crippen LogP contribution in [0.5, 0.6) is 0 Å². The third-order valence-corrected chi connectivity index (χ3v) is 4.96. The number of piperidine rings is 1. The number of carbonyl (C=O) groups excluding carboxylic acids is 2. The molecular weight excluding hydrogens is 327 g/mol. The van der Waals surface area contributed by atoms with E-state index in [-0.39, 0.29) is 30.1 Å². The zero-order chi connectivity index (χ0) is 18.1. The second kappa shape index (κ2) is 6.82. The summed E-state index contributed by atoms with van der Waals surface area (Å²) in [4.78, 5) is 39.7. The van der Waals surface area contributed by atoms with Crippen LogP contribution >= 0.6 is 0 Å². The van der Waals surface area contributed by atoms with Crippen molar-refractivity contribution in [1.29, 1.82) is 0 Å². The Morgan fingerprint density at radius 3 is 2.52 bits per heavy atom. The van der Waals surface area contributed by atoms with Crippen LogP contribution in [0.3, 0.4) is 0 Å². The first-order chi connectivity index (χ1) is 11.9. The monoisotopic (exact) mass is 348 g/mol. The van der Waals surface area contributed by atoms with Crippen LogP contribution in [0.1, 0.15) is 19.8 Å². The van der Waals surface area contributed by atoms with E-state index in [0.29, 0.717) is 31.6 Å². The lowest BCUT2D eigenvalue weighted by atomic mass is 9.89. The van der Waals surface area contributed by atoms with E-state index in [1.165, 1.54) is 34.1 Å². The summed E-state index contributed by atoms with van der Waals surface area (Å²) >= 11 is 0. The summed E-state index contributed by atoms with van der Waals surface area (Å²) in [6, 6.07) is 5.59. The molecule has 134 valence electrons. The maximum absolute atomic E-state index is 13.0. The number of amides is 2. The van der Waals surface area contributed by atoms with Gasteiger partial charge in [-0.05, 0) is 43.0 Å². The number of aliphatic carboxylic acids is 1. The van der Waals surface area contributed by atoms with Gasteiger partial charge < -0.3 is 14.9 Å². The third kappa shape index (κ3) is 3.50. The largest absolute Gasteiger partial charge is 0.481 e. The van der Waals surface area contributed by atoms with Crippen molar-refractivity contribution in [3.05, 3.63) is 30.1 Å². The van der Waals surface area contributed by atoms with Crippen LogP contribution in [-0.4, -0.2) is 47.4 Å². The van der Waals surface area contributed by atoms with E-state index >= 15 is 0 Å². The molecule has 2 amide bonds. The molecule has 0 aliphatic carbocycles. The highest BCUT2D eigenvalue weighted by Crippen LogP contribution is 2.29. The van der Waals surface area contributed by atoms with Gasteiger partial charge in [0.2, 0.25) is 11.8 Å². The van der Waals surface area contributed by atoms with Crippen molar-refractivity contribution in [3.63, 3.8) is 0 Å². The zero-order valence-electron chi connectivity index (χ0n) is 14.0. The normalized spacial score (nSPS) is 26.8. The molecule has 0 radical (unpaired) electrons. The molecule has 0 spiro atoms. The molecule has 0 bridgehead atoms. The number of hydrogen-bond donors (Lipinski definition) is 1. The third-order valence-electron chi connectivity index (χ3n) is 4.96. The lowest BCUT2D eigenvalue weighted by Gasteiger charge is -2.35. The Hall–Kier alpha value is -2.44. The highest BCUT2D eigenvalue weighted by atomic mass is 19.1. The average Bonchev–Trinajstić information content (AvgIpc) is 2.96. The second-order valence-electron chi connectivity index (χ2n) is 6.93. The number of benzene rings is 1. The Labute approximate surface area is 145 Å². The minimum Gasteiger partial charge on any atom is -0.481 e. The van der Waals surface area contributed by atoms with Crippen LogP contribution in [-0.2, 0) is 14.4 Å². The quantitative estimate of drug-likeness (QED) is 0.844. The predicted molar refractivity (Wildman–Crippen MR) is 88.3 cm³/mol. The minimum atomic E-state index is -0.907. The number of anilines is 1. The lowest BCUT2D eigenvalue weighted by Crippen LogP contribution is -2.49. The van der Waals surface area contributed by atoms with E-state index in [1.54, 1.807) is 0 Å². The van der Waals surface area contributed by atoms with Gasteiger partial charge >= 0.3 is 5.97 Å². The molecule has 2 fully saturated rings. The number of nitrogens with zero attached hydrogens (tertiary/aromatic N) is 2. The van der Waals surface area contributed by atoms with Crippen LogP contribution < -0.4 is 4.90 Å². The van der Waals surface area contributed by atoms with Crippen molar-refractivity contribution in [1.82, 2.24) is 4.90 Å². The minimum absolute atomic E-state index is 0.0866. The van der Waals surface area contributed by atoms with Crippen molar-refractivity contribution >= 4 is 23.5 Å². The molecule has 2 heterocycles. The molecule has 1 aromatic carbocycles. The summed E-state index contributed by atoms with van der Waals surface area (Å²) in [6.07, 6.45) is 0.928. The van der Waals surface area contributed by atoms with Crippen molar-refractivity contribution in [2.75, 3.05) is 24.5 Å². The number of carboxylic acids is 1. The number of carbonyl (C=O) groups is 3. The summed E-state index contributed by atoms with van der Waals surface area (Å²) < 4.78 is 13.0.